The highest BCUT2D eigenvalue weighted by Gasteiger charge is 2.17. The van der Waals surface area contributed by atoms with Crippen LogP contribution in [0, 0.1) is 0 Å². The minimum atomic E-state index is 0.340. The van der Waals surface area contributed by atoms with Gasteiger partial charge in [-0.05, 0) is 39.3 Å². The van der Waals surface area contributed by atoms with E-state index in [1.54, 1.807) is 0 Å². The summed E-state index contributed by atoms with van der Waals surface area (Å²) in [6.45, 7) is 8.26. The standard InChI is InChI=1S/C13H26N2O2/c1-12(10-15-6-3-2-4-7-15)14-9-13-5-8-16-11-17-13/h12-14H,2-11H2,1H3. The van der Waals surface area contributed by atoms with Crippen LogP contribution in [0.3, 0.4) is 0 Å². The van der Waals surface area contributed by atoms with Crippen LogP contribution in [0.5, 0.6) is 0 Å². The fourth-order valence-corrected chi connectivity index (χ4v) is 2.59. The van der Waals surface area contributed by atoms with Crippen LogP contribution in [0.1, 0.15) is 32.6 Å². The zero-order valence-electron chi connectivity index (χ0n) is 11.0. The first-order valence-electron chi connectivity index (χ1n) is 6.99. The molecule has 2 saturated heterocycles. The minimum absolute atomic E-state index is 0.340. The van der Waals surface area contributed by atoms with Crippen molar-refractivity contribution in [1.29, 1.82) is 0 Å². The van der Waals surface area contributed by atoms with Crippen molar-refractivity contribution in [2.45, 2.75) is 44.8 Å². The van der Waals surface area contributed by atoms with E-state index in [9.17, 15) is 0 Å². The number of piperidine rings is 1. The summed E-state index contributed by atoms with van der Waals surface area (Å²) >= 11 is 0. The van der Waals surface area contributed by atoms with Crippen molar-refractivity contribution >= 4 is 0 Å². The normalized spacial score (nSPS) is 29.1. The molecule has 2 rings (SSSR count). The van der Waals surface area contributed by atoms with E-state index >= 15 is 0 Å². The topological polar surface area (TPSA) is 33.7 Å². The van der Waals surface area contributed by atoms with E-state index < -0.39 is 0 Å². The van der Waals surface area contributed by atoms with Gasteiger partial charge in [0, 0.05) is 19.1 Å². The maximum absolute atomic E-state index is 5.52. The van der Waals surface area contributed by atoms with Gasteiger partial charge in [0.25, 0.3) is 0 Å². The van der Waals surface area contributed by atoms with Crippen LogP contribution < -0.4 is 5.32 Å². The van der Waals surface area contributed by atoms with Crippen molar-refractivity contribution in [3.8, 4) is 0 Å². The molecular formula is C13H26N2O2. The smallest absolute Gasteiger partial charge is 0.147 e. The third-order valence-corrected chi connectivity index (χ3v) is 3.65. The summed E-state index contributed by atoms with van der Waals surface area (Å²) in [6.07, 6.45) is 5.51. The maximum Gasteiger partial charge on any atom is 0.147 e. The number of hydrogen-bond donors (Lipinski definition) is 1. The summed E-state index contributed by atoms with van der Waals surface area (Å²) in [7, 11) is 0. The highest BCUT2D eigenvalue weighted by atomic mass is 16.7. The second-order valence-corrected chi connectivity index (χ2v) is 5.27. The molecule has 17 heavy (non-hydrogen) atoms. The Morgan fingerprint density at radius 1 is 1.29 bits per heavy atom. The number of likely N-dealkylation sites (tertiary alicyclic amines) is 1. The fourth-order valence-electron chi connectivity index (χ4n) is 2.59. The van der Waals surface area contributed by atoms with E-state index in [0.717, 1.165) is 19.6 Å². The van der Waals surface area contributed by atoms with Gasteiger partial charge in [0.1, 0.15) is 6.79 Å². The van der Waals surface area contributed by atoms with E-state index in [4.69, 9.17) is 9.47 Å². The van der Waals surface area contributed by atoms with Crippen molar-refractivity contribution in [3.05, 3.63) is 0 Å². The Hall–Kier alpha value is -0.160. The molecule has 2 aliphatic heterocycles. The van der Waals surface area contributed by atoms with Crippen molar-refractivity contribution in [1.82, 2.24) is 10.2 Å². The number of nitrogens with zero attached hydrogens (tertiary/aromatic N) is 1. The lowest BCUT2D eigenvalue weighted by Gasteiger charge is -2.30. The van der Waals surface area contributed by atoms with Gasteiger partial charge in [0.05, 0.1) is 12.7 Å². The largest absolute Gasteiger partial charge is 0.355 e. The lowest BCUT2D eigenvalue weighted by atomic mass is 10.1. The molecule has 0 amide bonds. The van der Waals surface area contributed by atoms with Crippen molar-refractivity contribution in [3.63, 3.8) is 0 Å². The van der Waals surface area contributed by atoms with Crippen molar-refractivity contribution < 1.29 is 9.47 Å². The summed E-state index contributed by atoms with van der Waals surface area (Å²) in [5.74, 6) is 0. The molecule has 2 fully saturated rings. The Morgan fingerprint density at radius 3 is 2.82 bits per heavy atom. The summed E-state index contributed by atoms with van der Waals surface area (Å²) in [6, 6.07) is 0.555. The van der Waals surface area contributed by atoms with Crippen LogP contribution in [0.4, 0.5) is 0 Å². The quantitative estimate of drug-likeness (QED) is 0.786. The molecule has 0 aromatic rings. The third-order valence-electron chi connectivity index (χ3n) is 3.65. The SMILES string of the molecule is CC(CN1CCCCC1)NCC1CCOCO1. The van der Waals surface area contributed by atoms with Crippen LogP contribution in [-0.4, -0.2) is 56.6 Å². The molecular weight excluding hydrogens is 216 g/mol. The van der Waals surface area contributed by atoms with Gasteiger partial charge in [-0.15, -0.1) is 0 Å². The van der Waals surface area contributed by atoms with Gasteiger partial charge in [0.2, 0.25) is 0 Å². The van der Waals surface area contributed by atoms with E-state index in [2.05, 4.69) is 17.1 Å². The van der Waals surface area contributed by atoms with Gasteiger partial charge in [0.15, 0.2) is 0 Å². The van der Waals surface area contributed by atoms with Gasteiger partial charge in [-0.1, -0.05) is 6.42 Å². The van der Waals surface area contributed by atoms with Crippen LogP contribution in [0.15, 0.2) is 0 Å². The highest BCUT2D eigenvalue weighted by molar-refractivity contribution is 4.73. The van der Waals surface area contributed by atoms with Gasteiger partial charge in [-0.25, -0.2) is 0 Å². The number of rotatable bonds is 5. The summed E-state index contributed by atoms with van der Waals surface area (Å²) in [5.41, 5.74) is 0. The van der Waals surface area contributed by atoms with Crippen LogP contribution in [0.25, 0.3) is 0 Å². The molecule has 0 radical (unpaired) electrons. The zero-order valence-corrected chi connectivity index (χ0v) is 11.0. The Balaban J connectivity index is 1.57. The second kappa shape index (κ2) is 7.31. The zero-order chi connectivity index (χ0) is 11.9. The fraction of sp³-hybridized carbons (Fsp3) is 1.00. The molecule has 2 heterocycles. The molecule has 0 aliphatic carbocycles. The lowest BCUT2D eigenvalue weighted by molar-refractivity contribution is -0.137. The first kappa shape index (κ1) is 13.3. The monoisotopic (exact) mass is 242 g/mol. The number of hydrogen-bond acceptors (Lipinski definition) is 4. The van der Waals surface area contributed by atoms with E-state index in [1.165, 1.54) is 38.9 Å². The van der Waals surface area contributed by atoms with Gasteiger partial charge < -0.3 is 19.7 Å². The molecule has 4 heteroatoms. The molecule has 0 saturated carbocycles. The molecule has 4 nitrogen and oxygen atoms in total. The molecule has 1 N–H and O–H groups in total. The molecule has 0 bridgehead atoms. The van der Waals surface area contributed by atoms with Gasteiger partial charge in [-0.3, -0.25) is 0 Å². The average molecular weight is 242 g/mol. The molecule has 0 aromatic carbocycles. The molecule has 0 spiro atoms. The Labute approximate surface area is 105 Å². The van der Waals surface area contributed by atoms with E-state index in [-0.39, 0.29) is 0 Å². The van der Waals surface area contributed by atoms with E-state index in [1.807, 2.05) is 0 Å². The summed E-state index contributed by atoms with van der Waals surface area (Å²) < 4.78 is 10.7. The first-order valence-corrected chi connectivity index (χ1v) is 6.99. The Kier molecular flexibility index (Phi) is 5.71. The minimum Gasteiger partial charge on any atom is -0.355 e. The molecule has 2 atom stereocenters. The second-order valence-electron chi connectivity index (χ2n) is 5.27. The van der Waals surface area contributed by atoms with Crippen LogP contribution >= 0.6 is 0 Å². The Morgan fingerprint density at radius 2 is 2.12 bits per heavy atom. The van der Waals surface area contributed by atoms with E-state index in [0.29, 0.717) is 18.9 Å². The summed E-state index contributed by atoms with van der Waals surface area (Å²) in [5, 5.41) is 3.58. The number of nitrogens with one attached hydrogen (secondary N) is 1. The molecule has 2 unspecified atom stereocenters. The van der Waals surface area contributed by atoms with Crippen LogP contribution in [0.2, 0.25) is 0 Å². The highest BCUT2D eigenvalue weighted by Crippen LogP contribution is 2.09. The van der Waals surface area contributed by atoms with Crippen molar-refractivity contribution in [2.24, 2.45) is 0 Å². The first-order chi connectivity index (χ1) is 8.34. The van der Waals surface area contributed by atoms with Crippen LogP contribution in [-0.2, 0) is 9.47 Å². The predicted octanol–water partition coefficient (Wildman–Crippen LogP) is 1.21. The lowest BCUT2D eigenvalue weighted by Crippen LogP contribution is -2.44. The van der Waals surface area contributed by atoms with Crippen molar-refractivity contribution in [2.75, 3.05) is 39.6 Å². The maximum atomic E-state index is 5.52. The average Bonchev–Trinajstić information content (AvgIpc) is 2.39. The van der Waals surface area contributed by atoms with Gasteiger partial charge >= 0.3 is 0 Å². The molecule has 2 aliphatic rings. The third kappa shape index (κ3) is 4.92. The predicted molar refractivity (Wildman–Crippen MR) is 68.1 cm³/mol. The molecule has 0 aromatic heterocycles. The molecule has 100 valence electrons. The van der Waals surface area contributed by atoms with Gasteiger partial charge in [-0.2, -0.15) is 0 Å². The Bertz CT molecular complexity index is 202. The summed E-state index contributed by atoms with van der Waals surface area (Å²) in [4.78, 5) is 2.58. The number of ether oxygens (including phenoxy) is 2.